The van der Waals surface area contributed by atoms with Gasteiger partial charge in [0, 0.05) is 0 Å². The highest BCUT2D eigenvalue weighted by Crippen LogP contribution is 2.41. The normalized spacial score (nSPS) is 27.3. The van der Waals surface area contributed by atoms with Crippen LogP contribution in [0.3, 0.4) is 0 Å². The highest BCUT2D eigenvalue weighted by atomic mass is 35.5. The predicted octanol–water partition coefficient (Wildman–Crippen LogP) is 2.23. The Balaban J connectivity index is 2.09. The van der Waals surface area contributed by atoms with Crippen LogP contribution in [0.15, 0.2) is 18.2 Å². The molecule has 0 spiro atoms. The molecule has 120 valence electrons. The van der Waals surface area contributed by atoms with E-state index >= 15 is 0 Å². The largest absolute Gasteiger partial charge is 0.416 e. The van der Waals surface area contributed by atoms with Crippen LogP contribution < -0.4 is 5.73 Å². The molecule has 10 heteroatoms. The van der Waals surface area contributed by atoms with E-state index < -0.39 is 27.6 Å². The summed E-state index contributed by atoms with van der Waals surface area (Å²) < 4.78 is 63.5. The molecule has 1 aromatic rings. The van der Waals surface area contributed by atoms with Gasteiger partial charge in [0.1, 0.15) is 11.7 Å². The molecule has 2 unspecified atom stereocenters. The van der Waals surface area contributed by atoms with Crippen LogP contribution in [0.1, 0.15) is 5.56 Å². The first-order valence-electron chi connectivity index (χ1n) is 6.24. The van der Waals surface area contributed by atoms with E-state index in [2.05, 4.69) is 0 Å². The Bertz CT molecular complexity index is 777. The van der Waals surface area contributed by atoms with Gasteiger partial charge in [-0.15, -0.1) is 0 Å². The summed E-state index contributed by atoms with van der Waals surface area (Å²) in [6.07, 6.45) is -4.51. The van der Waals surface area contributed by atoms with Gasteiger partial charge in [0.25, 0.3) is 0 Å². The molecule has 0 aliphatic carbocycles. The van der Waals surface area contributed by atoms with Crippen LogP contribution in [-0.2, 0) is 16.0 Å². The van der Waals surface area contributed by atoms with E-state index in [1.165, 1.54) is 4.58 Å². The first kappa shape index (κ1) is 15.9. The number of sulfone groups is 1. The van der Waals surface area contributed by atoms with Crippen LogP contribution in [0, 0.1) is 0 Å². The number of alkyl halides is 3. The average molecular weight is 372 g/mol. The van der Waals surface area contributed by atoms with Crippen molar-refractivity contribution in [3.63, 3.8) is 0 Å². The van der Waals surface area contributed by atoms with Gasteiger partial charge in [-0.1, -0.05) is 11.6 Å². The lowest BCUT2D eigenvalue weighted by atomic mass is 10.1. The zero-order valence-corrected chi connectivity index (χ0v) is 13.4. The summed E-state index contributed by atoms with van der Waals surface area (Å²) in [5.41, 5.74) is 5.12. The summed E-state index contributed by atoms with van der Waals surface area (Å²) in [5.74, 6) is -0.173. The van der Waals surface area contributed by atoms with E-state index in [1.54, 1.807) is 0 Å². The lowest BCUT2D eigenvalue weighted by molar-refractivity contribution is -0.470. The SMILES string of the molecule is NC1=[N+](c2cc(C(F)(F)F)ccc2Cl)C2CS(=O)(=O)CC2S1. The number of hydrogen-bond acceptors (Lipinski definition) is 4. The number of hydrogen-bond donors (Lipinski definition) is 1. The fourth-order valence-corrected chi connectivity index (χ4v) is 6.71. The van der Waals surface area contributed by atoms with E-state index in [0.29, 0.717) is 0 Å². The van der Waals surface area contributed by atoms with Crippen molar-refractivity contribution in [3.05, 3.63) is 28.8 Å². The quantitative estimate of drug-likeness (QED) is 0.769. The van der Waals surface area contributed by atoms with E-state index in [0.717, 1.165) is 30.0 Å². The second kappa shape index (κ2) is 5.04. The van der Waals surface area contributed by atoms with Gasteiger partial charge in [-0.2, -0.15) is 13.2 Å². The zero-order valence-electron chi connectivity index (χ0n) is 11.0. The van der Waals surface area contributed by atoms with Crippen molar-refractivity contribution >= 4 is 44.1 Å². The minimum atomic E-state index is -4.51. The van der Waals surface area contributed by atoms with Crippen molar-refractivity contribution < 1.29 is 26.2 Å². The van der Waals surface area contributed by atoms with Gasteiger partial charge in [0.2, 0.25) is 0 Å². The topological polar surface area (TPSA) is 63.2 Å². The molecule has 3 rings (SSSR count). The van der Waals surface area contributed by atoms with Gasteiger partial charge in [-0.25, -0.2) is 13.0 Å². The van der Waals surface area contributed by atoms with Crippen molar-refractivity contribution in [1.82, 2.24) is 0 Å². The molecular weight excluding hydrogens is 361 g/mol. The molecule has 2 heterocycles. The lowest BCUT2D eigenvalue weighted by Gasteiger charge is -2.14. The third-order valence-electron chi connectivity index (χ3n) is 3.65. The van der Waals surface area contributed by atoms with Crippen LogP contribution >= 0.6 is 23.4 Å². The van der Waals surface area contributed by atoms with Gasteiger partial charge >= 0.3 is 11.3 Å². The van der Waals surface area contributed by atoms with E-state index in [-0.39, 0.29) is 32.6 Å². The second-order valence-electron chi connectivity index (χ2n) is 5.17. The molecule has 2 aliphatic rings. The Hall–Kier alpha value is -0.930. The van der Waals surface area contributed by atoms with Crippen molar-refractivity contribution in [3.8, 4) is 0 Å². The van der Waals surface area contributed by atoms with E-state index in [1.807, 2.05) is 0 Å². The summed E-state index contributed by atoms with van der Waals surface area (Å²) in [5, 5.41) is 0.0863. The van der Waals surface area contributed by atoms with Crippen molar-refractivity contribution in [2.45, 2.75) is 17.5 Å². The Morgan fingerprint density at radius 2 is 2.00 bits per heavy atom. The summed E-state index contributed by atoms with van der Waals surface area (Å²) in [6.45, 7) is 0. The monoisotopic (exact) mass is 371 g/mol. The molecule has 1 aromatic carbocycles. The van der Waals surface area contributed by atoms with Crippen molar-refractivity contribution in [2.24, 2.45) is 5.73 Å². The van der Waals surface area contributed by atoms with Crippen LogP contribution in [0.25, 0.3) is 0 Å². The third-order valence-corrected chi connectivity index (χ3v) is 7.12. The predicted molar refractivity (Wildman–Crippen MR) is 79.4 cm³/mol. The third kappa shape index (κ3) is 2.69. The molecule has 0 bridgehead atoms. The summed E-state index contributed by atoms with van der Waals surface area (Å²) in [6, 6.07) is 2.45. The molecule has 2 N–H and O–H groups in total. The highest BCUT2D eigenvalue weighted by Gasteiger charge is 2.50. The number of thioether (sulfide) groups is 1. The van der Waals surface area contributed by atoms with Gasteiger partial charge in [0.15, 0.2) is 9.84 Å². The van der Waals surface area contributed by atoms with Crippen LogP contribution in [0.2, 0.25) is 5.02 Å². The van der Waals surface area contributed by atoms with Crippen LogP contribution in [-0.4, -0.2) is 41.0 Å². The maximum absolute atomic E-state index is 12.9. The van der Waals surface area contributed by atoms with Crippen LogP contribution in [0.5, 0.6) is 0 Å². The molecular formula is C12H11ClF3N2O2S2+. The first-order valence-corrected chi connectivity index (χ1v) is 9.32. The van der Waals surface area contributed by atoms with E-state index in [4.69, 9.17) is 17.3 Å². The Kier molecular flexibility index (Phi) is 3.65. The molecule has 0 radical (unpaired) electrons. The number of nitrogens with two attached hydrogens (primary N) is 1. The molecule has 1 saturated heterocycles. The van der Waals surface area contributed by atoms with Gasteiger partial charge < -0.3 is 0 Å². The zero-order chi connectivity index (χ0) is 16.3. The Labute approximate surface area is 134 Å². The van der Waals surface area contributed by atoms with Gasteiger partial charge in [-0.3, -0.25) is 5.73 Å². The molecule has 1 fully saturated rings. The molecule has 2 atom stereocenters. The van der Waals surface area contributed by atoms with Crippen LogP contribution in [0.4, 0.5) is 18.9 Å². The fraction of sp³-hybridized carbons (Fsp3) is 0.417. The minimum Gasteiger partial charge on any atom is -0.281 e. The standard InChI is InChI=1S/C12H10ClF3N2O2S2/c13-7-2-1-6(12(14,15)16)3-8(7)18-9-4-22(19,20)5-10(9)21-11(18)17/h1-3,9-10,17H,4-5H2/p+1. The smallest absolute Gasteiger partial charge is 0.281 e. The molecule has 0 saturated carbocycles. The Morgan fingerprint density at radius 3 is 2.64 bits per heavy atom. The first-order chi connectivity index (χ1) is 10.1. The van der Waals surface area contributed by atoms with Gasteiger partial charge in [-0.05, 0) is 30.0 Å². The lowest BCUT2D eigenvalue weighted by Crippen LogP contribution is -2.29. The number of benzene rings is 1. The van der Waals surface area contributed by atoms with Gasteiger partial charge in [0.05, 0.1) is 27.3 Å². The van der Waals surface area contributed by atoms with Crippen molar-refractivity contribution in [2.75, 3.05) is 11.5 Å². The number of rotatable bonds is 1. The van der Waals surface area contributed by atoms with E-state index in [9.17, 15) is 21.6 Å². The average Bonchev–Trinajstić information content (AvgIpc) is 2.79. The minimum absolute atomic E-state index is 0.0316. The molecule has 22 heavy (non-hydrogen) atoms. The second-order valence-corrected chi connectivity index (χ2v) is 8.99. The molecule has 0 aromatic heterocycles. The molecule has 0 amide bonds. The van der Waals surface area contributed by atoms with Crippen molar-refractivity contribution in [1.29, 1.82) is 0 Å². The highest BCUT2D eigenvalue weighted by molar-refractivity contribution is 8.15. The number of nitrogens with zero attached hydrogens (tertiary/aromatic N) is 1. The fourth-order valence-electron chi connectivity index (χ4n) is 2.70. The maximum atomic E-state index is 12.9. The Morgan fingerprint density at radius 1 is 1.32 bits per heavy atom. The maximum Gasteiger partial charge on any atom is 0.416 e. The number of amidine groups is 1. The summed E-state index contributed by atoms with van der Waals surface area (Å²) >= 11 is 7.18. The summed E-state index contributed by atoms with van der Waals surface area (Å²) in [7, 11) is -3.22. The number of halogens is 4. The molecule has 2 aliphatic heterocycles. The molecule has 4 nitrogen and oxygen atoms in total. The summed E-state index contributed by atoms with van der Waals surface area (Å²) in [4.78, 5) is 0. The number of fused-ring (bicyclic) bond motifs is 1.